The fourth-order valence-corrected chi connectivity index (χ4v) is 7.84. The molecule has 0 atom stereocenters. The normalized spacial score (nSPS) is 11.8. The largest absolute Gasteiger partial charge is 0.534 e. The number of rotatable bonds is 5. The van der Waals surface area contributed by atoms with Gasteiger partial charge in [-0.2, -0.15) is 0 Å². The predicted octanol–water partition coefficient (Wildman–Crippen LogP) is 5.02. The lowest BCUT2D eigenvalue weighted by atomic mass is 10.2. The molecule has 0 amide bonds. The Morgan fingerprint density at radius 3 is 1.77 bits per heavy atom. The van der Waals surface area contributed by atoms with Gasteiger partial charge in [0.1, 0.15) is 11.4 Å². The van der Waals surface area contributed by atoms with Crippen LogP contribution in [0.25, 0.3) is 0 Å². The Labute approximate surface area is 155 Å². The Balaban J connectivity index is 2.25. The van der Waals surface area contributed by atoms with Crippen molar-refractivity contribution in [2.45, 2.75) is 25.8 Å². The highest BCUT2D eigenvalue weighted by atomic mass is 28.4. The van der Waals surface area contributed by atoms with E-state index in [0.717, 1.165) is 0 Å². The molecule has 0 unspecified atom stereocenters. The minimum absolute atomic E-state index is 0.125. The Kier molecular flexibility index (Phi) is 5.05. The molecule has 0 aliphatic heterocycles. The fraction of sp³-hybridized carbons (Fsp3) is 0.182. The topological polar surface area (TPSA) is 38.7 Å². The zero-order valence-corrected chi connectivity index (χ0v) is 16.3. The fourth-order valence-electron chi connectivity index (χ4n) is 3.43. The SMILES string of the molecule is CC(C)(C)[Si](Oc1cccc(N=O)c1)(c1ccccc1)c1ccccc1. The molecule has 0 aliphatic carbocycles. The minimum Gasteiger partial charge on any atom is -0.534 e. The van der Waals surface area contributed by atoms with E-state index < -0.39 is 8.32 Å². The summed E-state index contributed by atoms with van der Waals surface area (Å²) in [5.74, 6) is 0.677. The zero-order valence-electron chi connectivity index (χ0n) is 15.3. The molecule has 0 saturated carbocycles. The first-order chi connectivity index (χ1) is 12.5. The smallest absolute Gasteiger partial charge is 0.319 e. The van der Waals surface area contributed by atoms with Gasteiger partial charge in [-0.05, 0) is 32.7 Å². The number of hydrogen-bond donors (Lipinski definition) is 0. The van der Waals surface area contributed by atoms with Crippen LogP contribution in [0.5, 0.6) is 5.75 Å². The summed E-state index contributed by atoms with van der Waals surface area (Å²) >= 11 is 0. The summed E-state index contributed by atoms with van der Waals surface area (Å²) < 4.78 is 6.82. The summed E-state index contributed by atoms with van der Waals surface area (Å²) in [6, 6.07) is 27.9. The molecule has 0 aromatic heterocycles. The molecule has 132 valence electrons. The second-order valence-corrected chi connectivity index (χ2v) is 11.6. The third-order valence-corrected chi connectivity index (χ3v) is 9.56. The highest BCUT2D eigenvalue weighted by Crippen LogP contribution is 2.38. The summed E-state index contributed by atoms with van der Waals surface area (Å²) in [5, 5.41) is 5.32. The second kappa shape index (κ2) is 7.26. The average molecular weight is 362 g/mol. The van der Waals surface area contributed by atoms with Gasteiger partial charge in [0.15, 0.2) is 0 Å². The van der Waals surface area contributed by atoms with Crippen molar-refractivity contribution < 1.29 is 4.43 Å². The molecular weight excluding hydrogens is 338 g/mol. The molecule has 0 saturated heterocycles. The molecule has 3 nitrogen and oxygen atoms in total. The van der Waals surface area contributed by atoms with E-state index in [1.807, 2.05) is 24.3 Å². The Hall–Kier alpha value is -2.72. The van der Waals surface area contributed by atoms with Crippen molar-refractivity contribution in [3.8, 4) is 5.75 Å². The van der Waals surface area contributed by atoms with Crippen LogP contribution in [0.4, 0.5) is 5.69 Å². The van der Waals surface area contributed by atoms with Crippen LogP contribution in [0.15, 0.2) is 90.1 Å². The maximum Gasteiger partial charge on any atom is 0.319 e. The molecule has 3 rings (SSSR count). The molecule has 0 radical (unpaired) electrons. The molecule has 0 heterocycles. The summed E-state index contributed by atoms with van der Waals surface area (Å²) in [6.07, 6.45) is 0. The first-order valence-corrected chi connectivity index (χ1v) is 10.6. The first kappa shape index (κ1) is 18.1. The third kappa shape index (κ3) is 3.33. The Morgan fingerprint density at radius 1 is 0.769 bits per heavy atom. The van der Waals surface area contributed by atoms with Gasteiger partial charge in [0.05, 0.1) is 0 Å². The molecule has 0 N–H and O–H groups in total. The van der Waals surface area contributed by atoms with Crippen molar-refractivity contribution in [1.82, 2.24) is 0 Å². The van der Waals surface area contributed by atoms with Crippen LogP contribution >= 0.6 is 0 Å². The van der Waals surface area contributed by atoms with Crippen molar-refractivity contribution in [3.05, 3.63) is 89.8 Å². The van der Waals surface area contributed by atoms with Gasteiger partial charge in [0.2, 0.25) is 0 Å². The van der Waals surface area contributed by atoms with Gasteiger partial charge in [-0.1, -0.05) is 87.5 Å². The predicted molar refractivity (Wildman–Crippen MR) is 110 cm³/mol. The lowest BCUT2D eigenvalue weighted by Gasteiger charge is -2.43. The van der Waals surface area contributed by atoms with E-state index in [-0.39, 0.29) is 5.04 Å². The summed E-state index contributed by atoms with van der Waals surface area (Å²) in [5.41, 5.74) is 0.375. The molecular formula is C22H23NO2Si. The second-order valence-electron chi connectivity index (χ2n) is 7.35. The van der Waals surface area contributed by atoms with Gasteiger partial charge >= 0.3 is 8.32 Å². The van der Waals surface area contributed by atoms with E-state index in [0.29, 0.717) is 11.4 Å². The quantitative estimate of drug-likeness (QED) is 0.472. The molecule has 0 spiro atoms. The Morgan fingerprint density at radius 2 is 1.31 bits per heavy atom. The van der Waals surface area contributed by atoms with Crippen molar-refractivity contribution in [2.75, 3.05) is 0 Å². The van der Waals surface area contributed by atoms with Crippen LogP contribution in [0.3, 0.4) is 0 Å². The Bertz CT molecular complexity index is 834. The van der Waals surface area contributed by atoms with Gasteiger partial charge in [0, 0.05) is 6.07 Å². The standard InChI is InChI=1S/C22H23NO2Si/c1-22(2,3)26(20-13-6-4-7-14-20,21-15-8-5-9-16-21)25-19-12-10-11-18(17-19)23-24/h4-17H,1-3H3. The summed E-state index contributed by atoms with van der Waals surface area (Å²) in [7, 11) is -2.67. The van der Waals surface area contributed by atoms with Crippen molar-refractivity contribution in [2.24, 2.45) is 5.18 Å². The lowest BCUT2D eigenvalue weighted by molar-refractivity contribution is 0.508. The van der Waals surface area contributed by atoms with Crippen LogP contribution in [-0.2, 0) is 0 Å². The molecule has 0 aliphatic rings. The van der Waals surface area contributed by atoms with Crippen LogP contribution in [0.2, 0.25) is 5.04 Å². The van der Waals surface area contributed by atoms with E-state index in [2.05, 4.69) is 74.5 Å². The maximum absolute atomic E-state index is 11.0. The minimum atomic E-state index is -2.67. The number of nitrogens with zero attached hydrogens (tertiary/aromatic N) is 1. The third-order valence-electron chi connectivity index (χ3n) is 4.61. The molecule has 26 heavy (non-hydrogen) atoms. The summed E-state index contributed by atoms with van der Waals surface area (Å²) in [6.45, 7) is 6.67. The van der Waals surface area contributed by atoms with E-state index in [9.17, 15) is 4.91 Å². The lowest BCUT2D eigenvalue weighted by Crippen LogP contribution is -2.68. The zero-order chi connectivity index (χ0) is 18.6. The molecule has 0 bridgehead atoms. The molecule has 4 heteroatoms. The van der Waals surface area contributed by atoms with Crippen molar-refractivity contribution in [3.63, 3.8) is 0 Å². The van der Waals surface area contributed by atoms with E-state index in [4.69, 9.17) is 4.43 Å². The van der Waals surface area contributed by atoms with Crippen LogP contribution in [0, 0.1) is 4.91 Å². The number of nitroso groups, excluding NO2 is 1. The first-order valence-electron chi connectivity index (χ1n) is 8.71. The van der Waals surface area contributed by atoms with E-state index in [1.165, 1.54) is 10.4 Å². The van der Waals surface area contributed by atoms with Gasteiger partial charge < -0.3 is 4.43 Å². The van der Waals surface area contributed by atoms with Gasteiger partial charge in [-0.3, -0.25) is 0 Å². The van der Waals surface area contributed by atoms with Gasteiger partial charge in [-0.25, -0.2) is 0 Å². The van der Waals surface area contributed by atoms with Crippen LogP contribution < -0.4 is 14.8 Å². The molecule has 3 aromatic rings. The van der Waals surface area contributed by atoms with Crippen molar-refractivity contribution in [1.29, 1.82) is 0 Å². The number of hydrogen-bond acceptors (Lipinski definition) is 3. The van der Waals surface area contributed by atoms with E-state index >= 15 is 0 Å². The van der Waals surface area contributed by atoms with Crippen molar-refractivity contribution >= 4 is 24.4 Å². The van der Waals surface area contributed by atoms with Gasteiger partial charge in [0.25, 0.3) is 0 Å². The highest BCUT2D eigenvalue weighted by molar-refractivity contribution is 7.00. The average Bonchev–Trinajstić information content (AvgIpc) is 2.66. The van der Waals surface area contributed by atoms with Gasteiger partial charge in [-0.15, -0.1) is 4.91 Å². The molecule has 3 aromatic carbocycles. The summed E-state index contributed by atoms with van der Waals surface area (Å²) in [4.78, 5) is 11.0. The molecule has 0 fully saturated rings. The van der Waals surface area contributed by atoms with Crippen LogP contribution in [-0.4, -0.2) is 8.32 Å². The highest BCUT2D eigenvalue weighted by Gasteiger charge is 2.52. The van der Waals surface area contributed by atoms with Crippen LogP contribution in [0.1, 0.15) is 20.8 Å². The monoisotopic (exact) mass is 361 g/mol. The number of benzene rings is 3. The van der Waals surface area contributed by atoms with E-state index in [1.54, 1.807) is 12.1 Å². The maximum atomic E-state index is 11.0.